The van der Waals surface area contributed by atoms with Crippen LogP contribution in [0, 0.1) is 22.0 Å². The maximum Gasteiger partial charge on any atom is 0.270 e. The number of hydrogen-bond donors (Lipinski definition) is 1. The maximum atomic E-state index is 11.8. The lowest BCUT2D eigenvalue weighted by molar-refractivity contribution is -0.384. The second-order valence-corrected chi connectivity index (χ2v) is 5.99. The summed E-state index contributed by atoms with van der Waals surface area (Å²) in [6.07, 6.45) is 1.59. The van der Waals surface area contributed by atoms with Crippen molar-refractivity contribution in [2.45, 2.75) is 25.9 Å². The van der Waals surface area contributed by atoms with Gasteiger partial charge in [-0.15, -0.1) is 0 Å². The van der Waals surface area contributed by atoms with Crippen molar-refractivity contribution >= 4 is 17.2 Å². The molecule has 3 atom stereocenters. The van der Waals surface area contributed by atoms with Gasteiger partial charge in [-0.3, -0.25) is 14.9 Å². The largest absolute Gasteiger partial charge is 0.393 e. The number of aliphatic hydroxyl groups excluding tert-OH is 1. The Balaban J connectivity index is 1.92. The lowest BCUT2D eigenvalue weighted by Gasteiger charge is -2.22. The third kappa shape index (κ3) is 2.40. The maximum absolute atomic E-state index is 11.8. The zero-order chi connectivity index (χ0) is 15.1. The van der Waals surface area contributed by atoms with Crippen molar-refractivity contribution in [2.75, 3.05) is 18.0 Å². The summed E-state index contributed by atoms with van der Waals surface area (Å²) in [5, 5.41) is 20.8. The highest BCUT2D eigenvalue weighted by molar-refractivity contribution is 6.00. The second-order valence-electron chi connectivity index (χ2n) is 5.99. The second kappa shape index (κ2) is 5.11. The van der Waals surface area contributed by atoms with Gasteiger partial charge in [0.15, 0.2) is 5.78 Å². The topological polar surface area (TPSA) is 83.7 Å². The Kier molecular flexibility index (Phi) is 3.41. The number of ketones is 1. The molecule has 1 aliphatic carbocycles. The van der Waals surface area contributed by atoms with E-state index in [0.717, 1.165) is 25.1 Å². The molecule has 1 aromatic rings. The molecule has 1 aromatic carbocycles. The summed E-state index contributed by atoms with van der Waals surface area (Å²) in [4.78, 5) is 24.3. The van der Waals surface area contributed by atoms with Crippen molar-refractivity contribution < 1.29 is 14.8 Å². The van der Waals surface area contributed by atoms with Crippen LogP contribution in [0.1, 0.15) is 30.1 Å². The van der Waals surface area contributed by atoms with Gasteiger partial charge in [-0.1, -0.05) is 0 Å². The number of anilines is 1. The van der Waals surface area contributed by atoms with E-state index in [1.54, 1.807) is 6.07 Å². The number of carbonyl (C=O) groups excluding carboxylic acids is 1. The standard InChI is InChI=1S/C15H18N2O4/c1-9(18)12-6-11(17(20)21)3-4-14(12)16-7-10-2-5-15(19)13(10)8-16/h3-4,6,10,13,15,19H,2,5,7-8H2,1H3. The molecule has 1 aliphatic heterocycles. The zero-order valence-electron chi connectivity index (χ0n) is 11.9. The van der Waals surface area contributed by atoms with E-state index in [2.05, 4.69) is 4.90 Å². The summed E-state index contributed by atoms with van der Waals surface area (Å²) in [5.41, 5.74) is 1.07. The van der Waals surface area contributed by atoms with E-state index < -0.39 is 4.92 Å². The van der Waals surface area contributed by atoms with Crippen molar-refractivity contribution in [3.8, 4) is 0 Å². The Bertz CT molecular complexity index is 601. The molecule has 3 rings (SSSR count). The Morgan fingerprint density at radius 3 is 2.76 bits per heavy atom. The number of nitro groups is 1. The molecule has 21 heavy (non-hydrogen) atoms. The Hall–Kier alpha value is -1.95. The molecule has 0 aromatic heterocycles. The number of nitrogens with zero attached hydrogens (tertiary/aromatic N) is 2. The number of fused-ring (bicyclic) bond motifs is 1. The highest BCUT2D eigenvalue weighted by Gasteiger charge is 2.42. The molecule has 2 fully saturated rings. The first-order valence-electron chi connectivity index (χ1n) is 7.19. The van der Waals surface area contributed by atoms with Gasteiger partial charge in [0, 0.05) is 42.4 Å². The summed E-state index contributed by atoms with van der Waals surface area (Å²) in [6, 6.07) is 4.44. The fourth-order valence-electron chi connectivity index (χ4n) is 3.63. The minimum Gasteiger partial charge on any atom is -0.393 e. The highest BCUT2D eigenvalue weighted by atomic mass is 16.6. The first kappa shape index (κ1) is 14.0. The van der Waals surface area contributed by atoms with Crippen LogP contribution in [-0.4, -0.2) is 35.0 Å². The van der Waals surface area contributed by atoms with Crippen LogP contribution in [-0.2, 0) is 0 Å². The molecule has 2 aliphatic rings. The molecule has 1 saturated heterocycles. The van der Waals surface area contributed by atoms with Crippen LogP contribution >= 0.6 is 0 Å². The van der Waals surface area contributed by atoms with Crippen molar-refractivity contribution in [2.24, 2.45) is 11.8 Å². The summed E-state index contributed by atoms with van der Waals surface area (Å²) in [6.45, 7) is 2.94. The van der Waals surface area contributed by atoms with Crippen LogP contribution in [0.5, 0.6) is 0 Å². The number of Topliss-reactive ketones (excluding diaryl/α,β-unsaturated/α-hetero) is 1. The average molecular weight is 290 g/mol. The number of carbonyl (C=O) groups is 1. The molecule has 112 valence electrons. The molecule has 0 bridgehead atoms. The number of hydrogen-bond acceptors (Lipinski definition) is 5. The number of benzene rings is 1. The quantitative estimate of drug-likeness (QED) is 0.523. The van der Waals surface area contributed by atoms with Crippen LogP contribution < -0.4 is 4.90 Å². The molecule has 1 saturated carbocycles. The van der Waals surface area contributed by atoms with Crippen LogP contribution in [0.4, 0.5) is 11.4 Å². The Morgan fingerprint density at radius 1 is 1.38 bits per heavy atom. The van der Waals surface area contributed by atoms with Gasteiger partial charge in [0.05, 0.1) is 11.0 Å². The molecular weight excluding hydrogens is 272 g/mol. The Morgan fingerprint density at radius 2 is 2.14 bits per heavy atom. The molecule has 1 N–H and O–H groups in total. The number of aliphatic hydroxyl groups is 1. The molecular formula is C15H18N2O4. The minimum atomic E-state index is -0.487. The molecule has 0 amide bonds. The van der Waals surface area contributed by atoms with E-state index in [4.69, 9.17) is 0 Å². The number of rotatable bonds is 3. The third-order valence-electron chi connectivity index (χ3n) is 4.73. The molecule has 0 spiro atoms. The van der Waals surface area contributed by atoms with Crippen molar-refractivity contribution in [3.05, 3.63) is 33.9 Å². The van der Waals surface area contributed by atoms with Crippen LogP contribution in [0.2, 0.25) is 0 Å². The average Bonchev–Trinajstić information content (AvgIpc) is 3.00. The molecule has 3 unspecified atom stereocenters. The number of nitro benzene ring substituents is 1. The van der Waals surface area contributed by atoms with Crippen LogP contribution in [0.3, 0.4) is 0 Å². The highest BCUT2D eigenvalue weighted by Crippen LogP contribution is 2.41. The predicted molar refractivity (Wildman–Crippen MR) is 77.5 cm³/mol. The predicted octanol–water partition coefficient (Wildman–Crippen LogP) is 2.00. The molecule has 6 heteroatoms. The van der Waals surface area contributed by atoms with E-state index in [9.17, 15) is 20.0 Å². The summed E-state index contributed by atoms with van der Waals surface area (Å²) < 4.78 is 0. The van der Waals surface area contributed by atoms with E-state index in [1.807, 2.05) is 0 Å². The van der Waals surface area contributed by atoms with Gasteiger partial charge in [0.1, 0.15) is 0 Å². The van der Waals surface area contributed by atoms with E-state index in [1.165, 1.54) is 19.1 Å². The van der Waals surface area contributed by atoms with E-state index in [-0.39, 0.29) is 23.5 Å². The van der Waals surface area contributed by atoms with Crippen LogP contribution in [0.25, 0.3) is 0 Å². The van der Waals surface area contributed by atoms with Gasteiger partial charge in [0.2, 0.25) is 0 Å². The minimum absolute atomic E-state index is 0.0663. The van der Waals surface area contributed by atoms with E-state index in [0.29, 0.717) is 18.0 Å². The van der Waals surface area contributed by atoms with Crippen LogP contribution in [0.15, 0.2) is 18.2 Å². The fraction of sp³-hybridized carbons (Fsp3) is 0.533. The smallest absolute Gasteiger partial charge is 0.270 e. The SMILES string of the molecule is CC(=O)c1cc([N+](=O)[O-])ccc1N1CC2CCC(O)C2C1. The lowest BCUT2D eigenvalue weighted by atomic mass is 10.00. The molecule has 6 nitrogen and oxygen atoms in total. The molecule has 1 heterocycles. The van der Waals surface area contributed by atoms with Crippen molar-refractivity contribution in [1.82, 2.24) is 0 Å². The summed E-state index contributed by atoms with van der Waals surface area (Å²) in [7, 11) is 0. The van der Waals surface area contributed by atoms with Gasteiger partial charge in [-0.25, -0.2) is 0 Å². The number of non-ortho nitro benzene ring substituents is 1. The summed E-state index contributed by atoms with van der Waals surface area (Å²) in [5.74, 6) is 0.529. The van der Waals surface area contributed by atoms with Gasteiger partial charge in [-0.2, -0.15) is 0 Å². The van der Waals surface area contributed by atoms with E-state index >= 15 is 0 Å². The molecule has 0 radical (unpaired) electrons. The monoisotopic (exact) mass is 290 g/mol. The van der Waals surface area contributed by atoms with Gasteiger partial charge in [-0.05, 0) is 31.7 Å². The van der Waals surface area contributed by atoms with Gasteiger partial charge in [0.25, 0.3) is 5.69 Å². The first-order valence-corrected chi connectivity index (χ1v) is 7.19. The van der Waals surface area contributed by atoms with Crippen molar-refractivity contribution in [1.29, 1.82) is 0 Å². The summed E-state index contributed by atoms with van der Waals surface area (Å²) >= 11 is 0. The Labute approximate surface area is 122 Å². The normalized spacial score (nSPS) is 27.7. The van der Waals surface area contributed by atoms with Gasteiger partial charge >= 0.3 is 0 Å². The lowest BCUT2D eigenvalue weighted by Crippen LogP contribution is -2.25. The third-order valence-corrected chi connectivity index (χ3v) is 4.73. The zero-order valence-corrected chi connectivity index (χ0v) is 11.9. The fourth-order valence-corrected chi connectivity index (χ4v) is 3.63. The van der Waals surface area contributed by atoms with Gasteiger partial charge < -0.3 is 10.0 Å². The van der Waals surface area contributed by atoms with Crippen molar-refractivity contribution in [3.63, 3.8) is 0 Å². The first-order chi connectivity index (χ1) is 9.97.